The maximum Gasteiger partial charge on any atom is 0.267 e. The van der Waals surface area contributed by atoms with Crippen LogP contribution in [0.3, 0.4) is 0 Å². The number of rotatable bonds is 0. The maximum atomic E-state index is 12.6. The van der Waals surface area contributed by atoms with Crippen LogP contribution in [0, 0.1) is 0 Å². The van der Waals surface area contributed by atoms with E-state index in [-0.39, 0.29) is 11.1 Å². The minimum absolute atomic E-state index is 0.102. The summed E-state index contributed by atoms with van der Waals surface area (Å²) in [6.45, 7) is 0. The zero-order chi connectivity index (χ0) is 13.0. The van der Waals surface area contributed by atoms with Crippen molar-refractivity contribution in [2.24, 2.45) is 0 Å². The molecule has 2 aromatic heterocycles. The van der Waals surface area contributed by atoms with E-state index in [2.05, 4.69) is 9.97 Å². The second-order valence-electron chi connectivity index (χ2n) is 4.83. The van der Waals surface area contributed by atoms with Gasteiger partial charge in [0.15, 0.2) is 0 Å². The van der Waals surface area contributed by atoms with Crippen LogP contribution in [0.4, 0.5) is 0 Å². The standard InChI is InChI=1S/C14H11N3O2/c18-12-9-5-3-7-11(9)17-13(19)8-4-1-2-6-10(8)15-14(17)16-12/h1-2,4,6H,3,5,7H2,(H,15,16,18). The number of aromatic nitrogens is 3. The molecule has 3 aromatic rings. The lowest BCUT2D eigenvalue weighted by Crippen LogP contribution is -2.25. The van der Waals surface area contributed by atoms with Crippen molar-refractivity contribution >= 4 is 16.7 Å². The number of aromatic amines is 1. The third-order valence-electron chi connectivity index (χ3n) is 3.73. The molecule has 0 bridgehead atoms. The van der Waals surface area contributed by atoms with E-state index in [0.717, 1.165) is 30.5 Å². The highest BCUT2D eigenvalue weighted by molar-refractivity contribution is 5.79. The summed E-state index contributed by atoms with van der Waals surface area (Å²) in [4.78, 5) is 31.6. The highest BCUT2D eigenvalue weighted by Crippen LogP contribution is 2.18. The van der Waals surface area contributed by atoms with Crippen LogP contribution in [0.1, 0.15) is 17.7 Å². The number of fused-ring (bicyclic) bond motifs is 4. The fraction of sp³-hybridized carbons (Fsp3) is 0.214. The van der Waals surface area contributed by atoms with Crippen molar-refractivity contribution < 1.29 is 0 Å². The fourth-order valence-electron chi connectivity index (χ4n) is 2.86. The predicted molar refractivity (Wildman–Crippen MR) is 71.6 cm³/mol. The first-order valence-electron chi connectivity index (χ1n) is 6.31. The van der Waals surface area contributed by atoms with Gasteiger partial charge in [-0.1, -0.05) is 12.1 Å². The van der Waals surface area contributed by atoms with Crippen molar-refractivity contribution in [1.82, 2.24) is 14.4 Å². The minimum Gasteiger partial charge on any atom is -0.292 e. The third kappa shape index (κ3) is 1.32. The molecule has 2 heterocycles. The van der Waals surface area contributed by atoms with Crippen LogP contribution in [0.5, 0.6) is 0 Å². The van der Waals surface area contributed by atoms with Gasteiger partial charge in [-0.25, -0.2) is 9.38 Å². The van der Waals surface area contributed by atoms with Gasteiger partial charge in [0.05, 0.1) is 10.9 Å². The Morgan fingerprint density at radius 2 is 2.00 bits per heavy atom. The van der Waals surface area contributed by atoms with Crippen LogP contribution >= 0.6 is 0 Å². The van der Waals surface area contributed by atoms with Crippen LogP contribution < -0.4 is 11.1 Å². The van der Waals surface area contributed by atoms with E-state index in [0.29, 0.717) is 16.7 Å². The molecular formula is C14H11N3O2. The number of H-pyrrole nitrogens is 1. The molecule has 5 heteroatoms. The largest absolute Gasteiger partial charge is 0.292 e. The summed E-state index contributed by atoms with van der Waals surface area (Å²) >= 11 is 0. The van der Waals surface area contributed by atoms with E-state index in [1.165, 1.54) is 0 Å². The van der Waals surface area contributed by atoms with Crippen LogP contribution in [0.2, 0.25) is 0 Å². The summed E-state index contributed by atoms with van der Waals surface area (Å²) in [6, 6.07) is 7.20. The summed E-state index contributed by atoms with van der Waals surface area (Å²) < 4.78 is 1.56. The van der Waals surface area contributed by atoms with Gasteiger partial charge in [0.1, 0.15) is 0 Å². The monoisotopic (exact) mass is 253 g/mol. The summed E-state index contributed by atoms with van der Waals surface area (Å²) in [6.07, 6.45) is 2.41. The molecule has 0 aliphatic heterocycles. The zero-order valence-electron chi connectivity index (χ0n) is 10.1. The van der Waals surface area contributed by atoms with Crippen molar-refractivity contribution in [3.05, 3.63) is 56.2 Å². The van der Waals surface area contributed by atoms with E-state index >= 15 is 0 Å². The van der Waals surface area contributed by atoms with Gasteiger partial charge >= 0.3 is 0 Å². The Labute approximate surface area is 107 Å². The first kappa shape index (κ1) is 10.5. The van der Waals surface area contributed by atoms with Crippen LogP contribution in [0.15, 0.2) is 33.9 Å². The Hall–Kier alpha value is -2.43. The first-order chi connectivity index (χ1) is 9.25. The number of nitrogens with one attached hydrogen (secondary N) is 1. The van der Waals surface area contributed by atoms with Crippen molar-refractivity contribution in [3.8, 4) is 0 Å². The molecular weight excluding hydrogens is 242 g/mol. The quantitative estimate of drug-likeness (QED) is 0.608. The Morgan fingerprint density at radius 1 is 1.16 bits per heavy atom. The lowest BCUT2D eigenvalue weighted by atomic mass is 10.2. The third-order valence-corrected chi connectivity index (χ3v) is 3.73. The number of hydrogen-bond donors (Lipinski definition) is 1. The molecule has 1 N–H and O–H groups in total. The lowest BCUT2D eigenvalue weighted by molar-refractivity contribution is 0.874. The number of benzene rings is 1. The first-order valence-corrected chi connectivity index (χ1v) is 6.31. The normalized spacial score (nSPS) is 14.1. The van der Waals surface area contributed by atoms with Gasteiger partial charge in [-0.3, -0.25) is 14.6 Å². The number of para-hydroxylation sites is 1. The molecule has 0 unspecified atom stereocenters. The van der Waals surface area contributed by atoms with Gasteiger partial charge in [0.25, 0.3) is 11.1 Å². The average molecular weight is 253 g/mol. The van der Waals surface area contributed by atoms with E-state index in [1.807, 2.05) is 12.1 Å². The highest BCUT2D eigenvalue weighted by atomic mass is 16.1. The van der Waals surface area contributed by atoms with Gasteiger partial charge in [0.2, 0.25) is 5.78 Å². The predicted octanol–water partition coefficient (Wildman–Crippen LogP) is 1.02. The summed E-state index contributed by atoms with van der Waals surface area (Å²) in [7, 11) is 0. The zero-order valence-corrected chi connectivity index (χ0v) is 10.1. The molecule has 0 radical (unpaired) electrons. The fourth-order valence-corrected chi connectivity index (χ4v) is 2.86. The minimum atomic E-state index is -0.116. The molecule has 0 saturated heterocycles. The van der Waals surface area contributed by atoms with Gasteiger partial charge < -0.3 is 0 Å². The molecule has 1 aliphatic rings. The Kier molecular flexibility index (Phi) is 1.95. The van der Waals surface area contributed by atoms with Crippen molar-refractivity contribution in [2.45, 2.75) is 19.3 Å². The summed E-state index contributed by atoms with van der Waals surface area (Å²) in [5.74, 6) is 0.342. The smallest absolute Gasteiger partial charge is 0.267 e. The second kappa shape index (κ2) is 3.54. The molecule has 0 saturated carbocycles. The van der Waals surface area contributed by atoms with E-state index in [9.17, 15) is 9.59 Å². The number of hydrogen-bond acceptors (Lipinski definition) is 3. The van der Waals surface area contributed by atoms with E-state index in [1.54, 1.807) is 16.5 Å². The van der Waals surface area contributed by atoms with Crippen LogP contribution in [-0.4, -0.2) is 14.4 Å². The Bertz CT molecular complexity index is 937. The molecule has 19 heavy (non-hydrogen) atoms. The SMILES string of the molecule is O=c1[nH]c2nc3ccccc3c(=O)n2c2c1CCC2. The summed E-state index contributed by atoms with van der Waals surface area (Å²) in [5, 5.41) is 0.584. The van der Waals surface area contributed by atoms with Gasteiger partial charge in [-0.15, -0.1) is 0 Å². The maximum absolute atomic E-state index is 12.6. The molecule has 4 rings (SSSR count). The van der Waals surface area contributed by atoms with Crippen LogP contribution in [0.25, 0.3) is 16.7 Å². The van der Waals surface area contributed by atoms with Gasteiger partial charge in [-0.2, -0.15) is 0 Å². The molecule has 5 nitrogen and oxygen atoms in total. The van der Waals surface area contributed by atoms with E-state index in [4.69, 9.17) is 0 Å². The molecule has 1 aromatic carbocycles. The average Bonchev–Trinajstić information content (AvgIpc) is 2.88. The van der Waals surface area contributed by atoms with Crippen molar-refractivity contribution in [2.75, 3.05) is 0 Å². The van der Waals surface area contributed by atoms with Gasteiger partial charge in [0, 0.05) is 11.3 Å². The van der Waals surface area contributed by atoms with Crippen LogP contribution in [-0.2, 0) is 12.8 Å². The molecule has 1 aliphatic carbocycles. The molecule has 0 spiro atoms. The second-order valence-corrected chi connectivity index (χ2v) is 4.83. The molecule has 0 atom stereocenters. The Morgan fingerprint density at radius 3 is 2.89 bits per heavy atom. The lowest BCUT2D eigenvalue weighted by Gasteiger charge is -2.07. The van der Waals surface area contributed by atoms with Crippen molar-refractivity contribution in [3.63, 3.8) is 0 Å². The van der Waals surface area contributed by atoms with Gasteiger partial charge in [-0.05, 0) is 31.4 Å². The number of nitrogens with zero attached hydrogens (tertiary/aromatic N) is 2. The molecule has 0 fully saturated rings. The van der Waals surface area contributed by atoms with Crippen molar-refractivity contribution in [1.29, 1.82) is 0 Å². The topological polar surface area (TPSA) is 67.2 Å². The Balaban J connectivity index is 2.33. The highest BCUT2D eigenvalue weighted by Gasteiger charge is 2.20. The van der Waals surface area contributed by atoms with E-state index < -0.39 is 0 Å². The molecule has 94 valence electrons. The molecule has 0 amide bonds. The summed E-state index contributed by atoms with van der Waals surface area (Å²) in [5.41, 5.74) is 1.94. The number of aryl methyl sites for hydroxylation is 1.